The van der Waals surface area contributed by atoms with Crippen molar-refractivity contribution in [3.8, 4) is 0 Å². The number of amides is 3. The van der Waals surface area contributed by atoms with Crippen molar-refractivity contribution < 1.29 is 22.7 Å². The van der Waals surface area contributed by atoms with Gasteiger partial charge in [0.25, 0.3) is 0 Å². The molecule has 3 heterocycles. The first-order valence-corrected chi connectivity index (χ1v) is 13.4. The fraction of sp³-hybridized carbons (Fsp3) is 0.905. The molecular weight excluding hydrogens is 434 g/mol. The van der Waals surface area contributed by atoms with Crippen LogP contribution < -0.4 is 10.1 Å². The SMILES string of the molecule is CN1CC(CN2C(=O)C3CC(S(=O)(=O)NC4(C)CC4)CCC3N(CC3CCO3)C2=O)CN1. The van der Waals surface area contributed by atoms with Gasteiger partial charge in [-0.05, 0) is 45.4 Å². The van der Waals surface area contributed by atoms with Crippen LogP contribution in [-0.4, -0.2) is 97.9 Å². The molecule has 2 saturated carbocycles. The zero-order valence-electron chi connectivity index (χ0n) is 19.0. The second kappa shape index (κ2) is 8.19. The van der Waals surface area contributed by atoms with Crippen LogP contribution in [0.2, 0.25) is 0 Å². The van der Waals surface area contributed by atoms with E-state index in [-0.39, 0.29) is 42.0 Å². The summed E-state index contributed by atoms with van der Waals surface area (Å²) in [7, 11) is -1.57. The van der Waals surface area contributed by atoms with Gasteiger partial charge in [0, 0.05) is 57.3 Å². The number of hydrazine groups is 1. The molecule has 5 aliphatic rings. The van der Waals surface area contributed by atoms with E-state index < -0.39 is 21.2 Å². The van der Waals surface area contributed by atoms with Gasteiger partial charge in [0.2, 0.25) is 15.9 Å². The molecule has 2 aliphatic carbocycles. The molecule has 5 rings (SSSR count). The molecule has 3 amide bonds. The Kier molecular flexibility index (Phi) is 5.77. The lowest BCUT2D eigenvalue weighted by Crippen LogP contribution is -2.66. The van der Waals surface area contributed by atoms with E-state index in [1.165, 1.54) is 4.90 Å². The van der Waals surface area contributed by atoms with Crippen LogP contribution in [0.25, 0.3) is 0 Å². The van der Waals surface area contributed by atoms with Crippen molar-refractivity contribution in [1.29, 1.82) is 0 Å². The number of nitrogens with one attached hydrogen (secondary N) is 2. The molecule has 180 valence electrons. The first kappa shape index (κ1) is 22.5. The number of ether oxygens (including phenoxy) is 1. The minimum absolute atomic E-state index is 0.00636. The van der Waals surface area contributed by atoms with Crippen LogP contribution in [0.5, 0.6) is 0 Å². The van der Waals surface area contributed by atoms with Crippen molar-refractivity contribution in [2.75, 3.05) is 39.8 Å². The number of imide groups is 1. The Hall–Kier alpha value is -1.27. The highest BCUT2D eigenvalue weighted by Gasteiger charge is 2.53. The maximum atomic E-state index is 13.5. The van der Waals surface area contributed by atoms with Gasteiger partial charge in [0.05, 0.1) is 17.3 Å². The zero-order chi connectivity index (χ0) is 22.7. The van der Waals surface area contributed by atoms with E-state index in [1.54, 1.807) is 4.90 Å². The summed E-state index contributed by atoms with van der Waals surface area (Å²) in [6.07, 6.45) is 3.88. The molecular formula is C21H35N5O5S. The lowest BCUT2D eigenvalue weighted by atomic mass is 9.80. The number of hydrogen-bond acceptors (Lipinski definition) is 7. The van der Waals surface area contributed by atoms with Gasteiger partial charge in [-0.15, -0.1) is 0 Å². The number of carbonyl (C=O) groups excluding carboxylic acids is 2. The lowest BCUT2D eigenvalue weighted by molar-refractivity contribution is -0.143. The van der Waals surface area contributed by atoms with E-state index in [9.17, 15) is 18.0 Å². The van der Waals surface area contributed by atoms with Crippen molar-refractivity contribution in [3.05, 3.63) is 0 Å². The van der Waals surface area contributed by atoms with Crippen LogP contribution >= 0.6 is 0 Å². The molecule has 0 bridgehead atoms. The van der Waals surface area contributed by atoms with Gasteiger partial charge in [0.15, 0.2) is 0 Å². The molecule has 3 aliphatic heterocycles. The number of sulfonamides is 1. The molecule has 32 heavy (non-hydrogen) atoms. The summed E-state index contributed by atoms with van der Waals surface area (Å²) in [6, 6.07) is -0.492. The molecule has 10 nitrogen and oxygen atoms in total. The van der Waals surface area contributed by atoms with Crippen molar-refractivity contribution in [2.24, 2.45) is 11.8 Å². The molecule has 5 unspecified atom stereocenters. The summed E-state index contributed by atoms with van der Waals surface area (Å²) < 4.78 is 34.5. The smallest absolute Gasteiger partial charge is 0.327 e. The number of rotatable bonds is 7. The van der Waals surface area contributed by atoms with Gasteiger partial charge in [-0.1, -0.05) is 0 Å². The summed E-state index contributed by atoms with van der Waals surface area (Å²) in [4.78, 5) is 30.1. The number of urea groups is 1. The fourth-order valence-electron chi connectivity index (χ4n) is 5.56. The summed E-state index contributed by atoms with van der Waals surface area (Å²) in [5.41, 5.74) is 2.89. The third-order valence-corrected chi connectivity index (χ3v) is 9.95. The molecule has 11 heteroatoms. The quantitative estimate of drug-likeness (QED) is 0.545. The standard InChI is InChI=1S/C21H35N5O5S/c1-21(6-7-21)23-32(29,30)16-3-4-18-17(9-16)19(27)26(12-14-10-22-24(2)11-14)20(28)25(18)13-15-5-8-31-15/h14-18,22-23H,3-13H2,1-2H3. The molecule has 0 aromatic rings. The Morgan fingerprint density at radius 3 is 2.53 bits per heavy atom. The van der Waals surface area contributed by atoms with Gasteiger partial charge in [-0.3, -0.25) is 15.1 Å². The Morgan fingerprint density at radius 2 is 1.94 bits per heavy atom. The summed E-state index contributed by atoms with van der Waals surface area (Å²) in [6.45, 7) is 4.93. The predicted octanol–water partition coefficient (Wildman–Crippen LogP) is 0.115. The highest BCUT2D eigenvalue weighted by Crippen LogP contribution is 2.40. The zero-order valence-corrected chi connectivity index (χ0v) is 19.8. The molecule has 2 N–H and O–H groups in total. The van der Waals surface area contributed by atoms with Gasteiger partial charge >= 0.3 is 6.03 Å². The maximum absolute atomic E-state index is 13.5. The van der Waals surface area contributed by atoms with E-state index in [0.717, 1.165) is 25.8 Å². The topological polar surface area (TPSA) is 111 Å². The molecule has 0 radical (unpaired) electrons. The van der Waals surface area contributed by atoms with E-state index in [1.807, 2.05) is 19.0 Å². The van der Waals surface area contributed by atoms with E-state index >= 15 is 0 Å². The lowest BCUT2D eigenvalue weighted by Gasteiger charge is -2.49. The van der Waals surface area contributed by atoms with Crippen molar-refractivity contribution in [3.63, 3.8) is 0 Å². The third kappa shape index (κ3) is 4.29. The van der Waals surface area contributed by atoms with Crippen LogP contribution in [0.1, 0.15) is 45.4 Å². The van der Waals surface area contributed by atoms with Gasteiger partial charge in [0.1, 0.15) is 0 Å². The Balaban J connectivity index is 1.35. The van der Waals surface area contributed by atoms with Crippen LogP contribution in [0.4, 0.5) is 4.79 Å². The third-order valence-electron chi connectivity index (χ3n) is 7.87. The van der Waals surface area contributed by atoms with Crippen molar-refractivity contribution >= 4 is 22.0 Å². The Bertz CT molecular complexity index is 874. The minimum atomic E-state index is -3.51. The Morgan fingerprint density at radius 1 is 1.19 bits per heavy atom. The first-order valence-electron chi connectivity index (χ1n) is 11.9. The maximum Gasteiger partial charge on any atom is 0.327 e. The molecule has 0 aromatic heterocycles. The highest BCUT2D eigenvalue weighted by atomic mass is 32.2. The monoisotopic (exact) mass is 469 g/mol. The van der Waals surface area contributed by atoms with Crippen LogP contribution in [-0.2, 0) is 19.6 Å². The summed E-state index contributed by atoms with van der Waals surface area (Å²) >= 11 is 0. The van der Waals surface area contributed by atoms with E-state index in [2.05, 4.69) is 10.1 Å². The van der Waals surface area contributed by atoms with Crippen molar-refractivity contribution in [1.82, 2.24) is 25.0 Å². The fourth-order valence-corrected chi connectivity index (χ4v) is 7.52. The second-order valence-electron chi connectivity index (χ2n) is 10.6. The van der Waals surface area contributed by atoms with Gasteiger partial charge < -0.3 is 9.64 Å². The van der Waals surface area contributed by atoms with E-state index in [0.29, 0.717) is 39.1 Å². The molecule has 5 atom stereocenters. The minimum Gasteiger partial charge on any atom is -0.376 e. The molecule has 5 fully saturated rings. The Labute approximate surface area is 190 Å². The first-order chi connectivity index (χ1) is 15.2. The normalized spacial score (nSPS) is 37.4. The molecule has 3 saturated heterocycles. The molecule has 0 spiro atoms. The number of carbonyl (C=O) groups is 2. The van der Waals surface area contributed by atoms with Gasteiger partial charge in [-0.2, -0.15) is 0 Å². The van der Waals surface area contributed by atoms with Crippen LogP contribution in [0.15, 0.2) is 0 Å². The van der Waals surface area contributed by atoms with Crippen molar-refractivity contribution in [2.45, 2.75) is 68.4 Å². The van der Waals surface area contributed by atoms with E-state index in [4.69, 9.17) is 4.74 Å². The largest absolute Gasteiger partial charge is 0.376 e. The summed E-state index contributed by atoms with van der Waals surface area (Å²) in [5.74, 6) is -0.536. The van der Waals surface area contributed by atoms with Gasteiger partial charge in [-0.25, -0.2) is 22.9 Å². The van der Waals surface area contributed by atoms with Crippen LogP contribution in [0, 0.1) is 11.8 Å². The summed E-state index contributed by atoms with van der Waals surface area (Å²) in [5, 5.41) is 1.38. The highest BCUT2D eigenvalue weighted by molar-refractivity contribution is 7.90. The number of fused-ring (bicyclic) bond motifs is 1. The van der Waals surface area contributed by atoms with Crippen LogP contribution in [0.3, 0.4) is 0 Å². The average Bonchev–Trinajstić information content (AvgIpc) is 3.27. The predicted molar refractivity (Wildman–Crippen MR) is 117 cm³/mol. The average molecular weight is 470 g/mol. The molecule has 0 aromatic carbocycles. The number of nitrogens with zero attached hydrogens (tertiary/aromatic N) is 3. The second-order valence-corrected chi connectivity index (χ2v) is 12.6. The number of hydrogen-bond donors (Lipinski definition) is 2.